The van der Waals surface area contributed by atoms with Crippen LogP contribution in [-0.4, -0.2) is 35.4 Å². The van der Waals surface area contributed by atoms with E-state index < -0.39 is 11.6 Å². The zero-order chi connectivity index (χ0) is 19.9. The number of ether oxygens (including phenoxy) is 2. The minimum Gasteiger partial charge on any atom is -0.454 e. The second-order valence-electron chi connectivity index (χ2n) is 7.35. The largest absolute Gasteiger partial charge is 0.454 e. The van der Waals surface area contributed by atoms with E-state index in [0.29, 0.717) is 35.0 Å². The number of carbonyl (C=O) groups excluding carboxylic acids is 2. The summed E-state index contributed by atoms with van der Waals surface area (Å²) in [4.78, 5) is 24.7. The number of carbonyl (C=O) groups is 2. The molecule has 2 aromatic rings. The van der Waals surface area contributed by atoms with Crippen molar-refractivity contribution in [3.05, 3.63) is 47.5 Å². The van der Waals surface area contributed by atoms with E-state index in [4.69, 9.17) is 9.47 Å². The Kier molecular flexibility index (Phi) is 4.35. The van der Waals surface area contributed by atoms with E-state index in [2.05, 4.69) is 16.0 Å². The summed E-state index contributed by atoms with van der Waals surface area (Å²) in [6.07, 6.45) is 0. The van der Waals surface area contributed by atoms with Crippen molar-refractivity contribution < 1.29 is 24.2 Å². The molecule has 8 nitrogen and oxygen atoms in total. The molecule has 2 aliphatic rings. The maximum atomic E-state index is 12.5. The molecule has 0 saturated carbocycles. The molecule has 4 rings (SSSR count). The SMILES string of the molecule is CC(C)(O)C1Nc2ccc(C(=O)NCc3ccc4c(c3)OCO4)cc2NC1=O. The smallest absolute Gasteiger partial charge is 0.251 e. The molecule has 146 valence electrons. The lowest BCUT2D eigenvalue weighted by atomic mass is 9.95. The first kappa shape index (κ1) is 18.1. The van der Waals surface area contributed by atoms with Gasteiger partial charge >= 0.3 is 0 Å². The summed E-state index contributed by atoms with van der Waals surface area (Å²) < 4.78 is 10.6. The van der Waals surface area contributed by atoms with Gasteiger partial charge in [-0.2, -0.15) is 0 Å². The fourth-order valence-electron chi connectivity index (χ4n) is 3.17. The van der Waals surface area contributed by atoms with Crippen LogP contribution >= 0.6 is 0 Å². The van der Waals surface area contributed by atoms with Crippen LogP contribution in [0.15, 0.2) is 36.4 Å². The third kappa shape index (κ3) is 3.46. The Morgan fingerprint density at radius 1 is 1.18 bits per heavy atom. The van der Waals surface area contributed by atoms with Crippen LogP contribution < -0.4 is 25.4 Å². The van der Waals surface area contributed by atoms with Crippen LogP contribution in [0.1, 0.15) is 29.8 Å². The first-order chi connectivity index (χ1) is 13.3. The van der Waals surface area contributed by atoms with E-state index in [-0.39, 0.29) is 18.6 Å². The summed E-state index contributed by atoms with van der Waals surface area (Å²) in [5.74, 6) is 0.741. The standard InChI is InChI=1S/C20H21N3O5/c1-20(2,26)17-19(25)23-14-8-12(4-5-13(14)22-17)18(24)21-9-11-3-6-15-16(7-11)28-10-27-15/h3-8,17,22,26H,9-10H2,1-2H3,(H,21,24)(H,23,25). The molecule has 0 aromatic heterocycles. The van der Waals surface area contributed by atoms with Crippen molar-refractivity contribution in [3.63, 3.8) is 0 Å². The van der Waals surface area contributed by atoms with Gasteiger partial charge in [0.15, 0.2) is 11.5 Å². The number of rotatable bonds is 4. The molecule has 0 bridgehead atoms. The number of amides is 2. The molecule has 0 aliphatic carbocycles. The molecule has 0 radical (unpaired) electrons. The molecular weight excluding hydrogens is 362 g/mol. The van der Waals surface area contributed by atoms with Crippen LogP contribution in [0.2, 0.25) is 0 Å². The van der Waals surface area contributed by atoms with Crippen LogP contribution in [0.25, 0.3) is 0 Å². The van der Waals surface area contributed by atoms with Gasteiger partial charge in [-0.3, -0.25) is 9.59 Å². The summed E-state index contributed by atoms with van der Waals surface area (Å²) in [5, 5.41) is 18.7. The molecule has 8 heteroatoms. The van der Waals surface area contributed by atoms with Crippen molar-refractivity contribution in [2.45, 2.75) is 32.0 Å². The number of nitrogens with one attached hydrogen (secondary N) is 3. The van der Waals surface area contributed by atoms with E-state index >= 15 is 0 Å². The Hall–Kier alpha value is -3.26. The molecule has 0 saturated heterocycles. The fraction of sp³-hybridized carbons (Fsp3) is 0.300. The van der Waals surface area contributed by atoms with Gasteiger partial charge in [-0.15, -0.1) is 0 Å². The number of hydrogen-bond acceptors (Lipinski definition) is 6. The number of hydrogen-bond donors (Lipinski definition) is 4. The van der Waals surface area contributed by atoms with Gasteiger partial charge in [0.25, 0.3) is 5.91 Å². The summed E-state index contributed by atoms with van der Waals surface area (Å²) in [5.41, 5.74) is 1.24. The van der Waals surface area contributed by atoms with Crippen molar-refractivity contribution in [2.75, 3.05) is 17.4 Å². The Morgan fingerprint density at radius 2 is 1.96 bits per heavy atom. The lowest BCUT2D eigenvalue weighted by Gasteiger charge is -2.34. The van der Waals surface area contributed by atoms with Gasteiger partial charge < -0.3 is 30.5 Å². The molecule has 0 fully saturated rings. The normalized spacial score (nSPS) is 17.4. The highest BCUT2D eigenvalue weighted by Gasteiger charge is 2.37. The van der Waals surface area contributed by atoms with Gasteiger partial charge in [0.05, 0.1) is 17.0 Å². The van der Waals surface area contributed by atoms with E-state index in [0.717, 1.165) is 5.56 Å². The third-order valence-corrected chi connectivity index (χ3v) is 4.70. The quantitative estimate of drug-likeness (QED) is 0.642. The van der Waals surface area contributed by atoms with E-state index in [1.54, 1.807) is 32.0 Å². The van der Waals surface area contributed by atoms with Crippen molar-refractivity contribution in [3.8, 4) is 11.5 Å². The average Bonchev–Trinajstić information content (AvgIpc) is 3.12. The molecule has 28 heavy (non-hydrogen) atoms. The monoisotopic (exact) mass is 383 g/mol. The fourth-order valence-corrected chi connectivity index (χ4v) is 3.17. The highest BCUT2D eigenvalue weighted by molar-refractivity contribution is 6.05. The van der Waals surface area contributed by atoms with Crippen LogP contribution in [0.5, 0.6) is 11.5 Å². The van der Waals surface area contributed by atoms with Crippen LogP contribution in [0.4, 0.5) is 11.4 Å². The van der Waals surface area contributed by atoms with E-state index in [1.165, 1.54) is 0 Å². The van der Waals surface area contributed by atoms with Crippen molar-refractivity contribution >= 4 is 23.2 Å². The second kappa shape index (κ2) is 6.72. The predicted molar refractivity (Wildman–Crippen MR) is 103 cm³/mol. The highest BCUT2D eigenvalue weighted by Crippen LogP contribution is 2.33. The van der Waals surface area contributed by atoms with E-state index in [1.807, 2.05) is 18.2 Å². The predicted octanol–water partition coefficient (Wildman–Crippen LogP) is 1.85. The summed E-state index contributed by atoms with van der Waals surface area (Å²) in [6.45, 7) is 3.66. The van der Waals surface area contributed by atoms with Crippen LogP contribution in [0, 0.1) is 0 Å². The maximum absolute atomic E-state index is 12.5. The summed E-state index contributed by atoms with van der Waals surface area (Å²) in [7, 11) is 0. The number of anilines is 2. The van der Waals surface area contributed by atoms with Crippen molar-refractivity contribution in [2.24, 2.45) is 0 Å². The van der Waals surface area contributed by atoms with E-state index in [9.17, 15) is 14.7 Å². The van der Waals surface area contributed by atoms with Gasteiger partial charge in [0, 0.05) is 12.1 Å². The molecule has 1 atom stereocenters. The Morgan fingerprint density at radius 3 is 2.75 bits per heavy atom. The van der Waals surface area contributed by atoms with Gasteiger partial charge in [-0.25, -0.2) is 0 Å². The van der Waals surface area contributed by atoms with Crippen molar-refractivity contribution in [1.29, 1.82) is 0 Å². The molecule has 2 aliphatic heterocycles. The average molecular weight is 383 g/mol. The van der Waals surface area contributed by atoms with Gasteiger partial charge in [-0.05, 0) is 49.7 Å². The van der Waals surface area contributed by atoms with Gasteiger partial charge in [0.2, 0.25) is 12.7 Å². The zero-order valence-electron chi connectivity index (χ0n) is 15.5. The molecule has 4 N–H and O–H groups in total. The molecule has 2 amide bonds. The minimum atomic E-state index is -1.22. The lowest BCUT2D eigenvalue weighted by molar-refractivity contribution is -0.121. The Labute approximate surface area is 161 Å². The first-order valence-electron chi connectivity index (χ1n) is 8.92. The third-order valence-electron chi connectivity index (χ3n) is 4.70. The molecule has 0 spiro atoms. The van der Waals surface area contributed by atoms with Crippen molar-refractivity contribution in [1.82, 2.24) is 5.32 Å². The first-order valence-corrected chi connectivity index (χ1v) is 8.92. The molecular formula is C20H21N3O5. The van der Waals surface area contributed by atoms with Crippen LogP contribution in [0.3, 0.4) is 0 Å². The van der Waals surface area contributed by atoms with Crippen LogP contribution in [-0.2, 0) is 11.3 Å². The number of fused-ring (bicyclic) bond motifs is 2. The zero-order valence-corrected chi connectivity index (χ0v) is 15.5. The Bertz CT molecular complexity index is 951. The topological polar surface area (TPSA) is 109 Å². The lowest BCUT2D eigenvalue weighted by Crippen LogP contribution is -2.52. The number of aliphatic hydroxyl groups is 1. The number of benzene rings is 2. The van der Waals surface area contributed by atoms with Gasteiger partial charge in [0.1, 0.15) is 6.04 Å². The molecule has 2 aromatic carbocycles. The minimum absolute atomic E-state index is 0.203. The molecule has 2 heterocycles. The Balaban J connectivity index is 1.45. The van der Waals surface area contributed by atoms with Gasteiger partial charge in [-0.1, -0.05) is 6.07 Å². The molecule has 1 unspecified atom stereocenters. The second-order valence-corrected chi connectivity index (χ2v) is 7.35. The summed E-state index contributed by atoms with van der Waals surface area (Å²) >= 11 is 0. The highest BCUT2D eigenvalue weighted by atomic mass is 16.7. The summed E-state index contributed by atoms with van der Waals surface area (Å²) in [6, 6.07) is 9.71. The maximum Gasteiger partial charge on any atom is 0.251 e.